The Hall–Kier alpha value is -1.06. The zero-order valence-electron chi connectivity index (χ0n) is 11.0. The Morgan fingerprint density at radius 2 is 1.50 bits per heavy atom. The molecule has 0 spiro atoms. The average molecular weight is 253 g/mol. The van der Waals surface area contributed by atoms with Gasteiger partial charge in [-0.1, -0.05) is 25.7 Å². The Morgan fingerprint density at radius 1 is 0.944 bits per heavy atom. The van der Waals surface area contributed by atoms with Gasteiger partial charge in [-0.25, -0.2) is 0 Å². The van der Waals surface area contributed by atoms with Crippen LogP contribution in [-0.2, 0) is 9.59 Å². The van der Waals surface area contributed by atoms with Crippen LogP contribution in [0.4, 0.5) is 0 Å². The molecule has 0 atom stereocenters. The quantitative estimate of drug-likeness (QED) is 0.840. The molecule has 2 aliphatic rings. The minimum atomic E-state index is -0.775. The first-order chi connectivity index (χ1) is 8.64. The van der Waals surface area contributed by atoms with Crippen LogP contribution < -0.4 is 0 Å². The fourth-order valence-electron chi connectivity index (χ4n) is 3.24. The van der Waals surface area contributed by atoms with E-state index in [4.69, 9.17) is 0 Å². The van der Waals surface area contributed by atoms with Gasteiger partial charge in [0.15, 0.2) is 0 Å². The Balaban J connectivity index is 1.98. The highest BCUT2D eigenvalue weighted by atomic mass is 16.4. The summed E-state index contributed by atoms with van der Waals surface area (Å²) in [5.74, 6) is -0.718. The van der Waals surface area contributed by atoms with E-state index in [1.165, 1.54) is 12.8 Å². The number of carboxylic acids is 1. The van der Waals surface area contributed by atoms with E-state index in [0.717, 1.165) is 38.8 Å². The first kappa shape index (κ1) is 13.4. The number of amides is 1. The average Bonchev–Trinajstić information content (AvgIpc) is 2.65. The van der Waals surface area contributed by atoms with Gasteiger partial charge in [-0.2, -0.15) is 0 Å². The molecule has 1 aliphatic heterocycles. The van der Waals surface area contributed by atoms with Crippen LogP contribution in [0, 0.1) is 5.41 Å². The molecular formula is C14H23NO3. The summed E-state index contributed by atoms with van der Waals surface area (Å²) >= 11 is 0. The highest BCUT2D eigenvalue weighted by Crippen LogP contribution is 2.41. The van der Waals surface area contributed by atoms with Gasteiger partial charge in [0, 0.05) is 19.5 Å². The van der Waals surface area contributed by atoms with Crippen molar-refractivity contribution >= 4 is 11.9 Å². The smallest absolute Gasteiger partial charge is 0.310 e. The van der Waals surface area contributed by atoms with Crippen LogP contribution in [0.5, 0.6) is 0 Å². The van der Waals surface area contributed by atoms with Crippen molar-refractivity contribution in [3.8, 4) is 0 Å². The van der Waals surface area contributed by atoms with Crippen molar-refractivity contribution in [2.75, 3.05) is 13.1 Å². The van der Waals surface area contributed by atoms with Crippen molar-refractivity contribution in [2.24, 2.45) is 5.41 Å². The molecule has 0 aromatic heterocycles. The number of carbonyl (C=O) groups excluding carboxylic acids is 1. The number of carboxylic acid groups (broad SMARTS) is 1. The van der Waals surface area contributed by atoms with Crippen molar-refractivity contribution < 1.29 is 14.7 Å². The maximum atomic E-state index is 12.3. The largest absolute Gasteiger partial charge is 0.481 e. The van der Waals surface area contributed by atoms with Crippen LogP contribution in [0.25, 0.3) is 0 Å². The SMILES string of the molecule is O=C(CC1(C(=O)O)CCCC1)N1CCCCCC1. The van der Waals surface area contributed by atoms with Gasteiger partial charge < -0.3 is 10.0 Å². The number of nitrogens with zero attached hydrogens (tertiary/aromatic N) is 1. The van der Waals surface area contributed by atoms with Crippen molar-refractivity contribution in [3.05, 3.63) is 0 Å². The van der Waals surface area contributed by atoms with Gasteiger partial charge >= 0.3 is 5.97 Å². The molecule has 1 saturated carbocycles. The molecule has 0 unspecified atom stereocenters. The fourth-order valence-corrected chi connectivity index (χ4v) is 3.24. The number of likely N-dealkylation sites (tertiary alicyclic amines) is 1. The fraction of sp³-hybridized carbons (Fsp3) is 0.857. The molecule has 0 radical (unpaired) electrons. The predicted octanol–water partition coefficient (Wildman–Crippen LogP) is 2.42. The second-order valence-electron chi connectivity index (χ2n) is 5.76. The first-order valence-electron chi connectivity index (χ1n) is 7.15. The molecule has 18 heavy (non-hydrogen) atoms. The van der Waals surface area contributed by atoms with Gasteiger partial charge in [-0.3, -0.25) is 9.59 Å². The Labute approximate surface area is 108 Å². The standard InChI is InChI=1S/C14H23NO3/c16-12(15-9-5-1-2-6-10-15)11-14(13(17)18)7-3-4-8-14/h1-11H2,(H,17,18). The molecule has 1 amide bonds. The van der Waals surface area contributed by atoms with E-state index in [-0.39, 0.29) is 12.3 Å². The molecule has 4 nitrogen and oxygen atoms in total. The van der Waals surface area contributed by atoms with E-state index >= 15 is 0 Å². The molecule has 2 rings (SSSR count). The lowest BCUT2D eigenvalue weighted by atomic mass is 9.82. The molecule has 1 N–H and O–H groups in total. The van der Waals surface area contributed by atoms with Gasteiger partial charge in [-0.15, -0.1) is 0 Å². The number of hydrogen-bond donors (Lipinski definition) is 1. The van der Waals surface area contributed by atoms with Crippen LogP contribution in [0.1, 0.15) is 57.8 Å². The summed E-state index contributed by atoms with van der Waals surface area (Å²) in [4.78, 5) is 25.6. The molecule has 1 aliphatic carbocycles. The molecule has 4 heteroatoms. The van der Waals surface area contributed by atoms with E-state index in [2.05, 4.69) is 0 Å². The third-order valence-electron chi connectivity index (χ3n) is 4.46. The normalized spacial score (nSPS) is 23.7. The molecule has 0 aromatic rings. The van der Waals surface area contributed by atoms with Crippen molar-refractivity contribution in [3.63, 3.8) is 0 Å². The van der Waals surface area contributed by atoms with Gasteiger partial charge in [0.2, 0.25) is 5.91 Å². The van der Waals surface area contributed by atoms with Crippen molar-refractivity contribution in [1.29, 1.82) is 0 Å². The topological polar surface area (TPSA) is 57.6 Å². The van der Waals surface area contributed by atoms with Crippen molar-refractivity contribution in [2.45, 2.75) is 57.8 Å². The molecule has 1 saturated heterocycles. The molecule has 0 bridgehead atoms. The molecular weight excluding hydrogens is 230 g/mol. The van der Waals surface area contributed by atoms with Crippen LogP contribution in [-0.4, -0.2) is 35.0 Å². The number of hydrogen-bond acceptors (Lipinski definition) is 2. The Kier molecular flexibility index (Phi) is 4.25. The maximum absolute atomic E-state index is 12.3. The highest BCUT2D eigenvalue weighted by molar-refractivity contribution is 5.85. The minimum absolute atomic E-state index is 0.0567. The van der Waals surface area contributed by atoms with Gasteiger partial charge in [-0.05, 0) is 25.7 Å². The number of carbonyl (C=O) groups is 2. The van der Waals surface area contributed by atoms with E-state index < -0.39 is 11.4 Å². The lowest BCUT2D eigenvalue weighted by Crippen LogP contribution is -2.39. The summed E-state index contributed by atoms with van der Waals surface area (Å²) < 4.78 is 0. The Morgan fingerprint density at radius 3 is 2.00 bits per heavy atom. The maximum Gasteiger partial charge on any atom is 0.310 e. The highest BCUT2D eigenvalue weighted by Gasteiger charge is 2.43. The molecule has 0 aromatic carbocycles. The zero-order valence-corrected chi connectivity index (χ0v) is 11.0. The van der Waals surface area contributed by atoms with Crippen LogP contribution in [0.2, 0.25) is 0 Å². The van der Waals surface area contributed by atoms with Gasteiger partial charge in [0.25, 0.3) is 0 Å². The summed E-state index contributed by atoms with van der Waals surface area (Å²) in [6.07, 6.45) is 7.94. The van der Waals surface area contributed by atoms with E-state index in [0.29, 0.717) is 12.8 Å². The van der Waals surface area contributed by atoms with E-state index in [1.54, 1.807) is 0 Å². The molecule has 1 heterocycles. The van der Waals surface area contributed by atoms with Crippen molar-refractivity contribution in [1.82, 2.24) is 4.90 Å². The lowest BCUT2D eigenvalue weighted by Gasteiger charge is -2.27. The second kappa shape index (κ2) is 5.72. The monoisotopic (exact) mass is 253 g/mol. The lowest BCUT2D eigenvalue weighted by molar-refractivity contribution is -0.153. The number of aliphatic carboxylic acids is 1. The Bertz CT molecular complexity index is 313. The molecule has 102 valence electrons. The van der Waals surface area contributed by atoms with E-state index in [9.17, 15) is 14.7 Å². The summed E-state index contributed by atoms with van der Waals surface area (Å²) in [6.45, 7) is 1.63. The third-order valence-corrected chi connectivity index (χ3v) is 4.46. The van der Waals surface area contributed by atoms with E-state index in [1.807, 2.05) is 4.90 Å². The summed E-state index contributed by atoms with van der Waals surface area (Å²) in [7, 11) is 0. The van der Waals surface area contributed by atoms with Crippen LogP contribution >= 0.6 is 0 Å². The molecule has 2 fully saturated rings. The first-order valence-corrected chi connectivity index (χ1v) is 7.15. The third kappa shape index (κ3) is 2.85. The van der Waals surface area contributed by atoms with Gasteiger partial charge in [0.1, 0.15) is 0 Å². The minimum Gasteiger partial charge on any atom is -0.481 e. The number of rotatable bonds is 3. The van der Waals surface area contributed by atoms with Gasteiger partial charge in [0.05, 0.1) is 5.41 Å². The summed E-state index contributed by atoms with van der Waals surface area (Å²) in [5, 5.41) is 9.40. The summed E-state index contributed by atoms with van der Waals surface area (Å²) in [6, 6.07) is 0. The predicted molar refractivity (Wildman–Crippen MR) is 68.2 cm³/mol. The van der Waals surface area contributed by atoms with Crippen LogP contribution in [0.3, 0.4) is 0 Å². The summed E-state index contributed by atoms with van der Waals surface area (Å²) in [5.41, 5.74) is -0.761. The zero-order chi connectivity index (χ0) is 13.0. The second-order valence-corrected chi connectivity index (χ2v) is 5.76. The van der Waals surface area contributed by atoms with Crippen LogP contribution in [0.15, 0.2) is 0 Å².